The molecule has 0 amide bonds. The summed E-state index contributed by atoms with van der Waals surface area (Å²) in [6.45, 7) is 7.60. The minimum atomic E-state index is 0.595. The van der Waals surface area contributed by atoms with Gasteiger partial charge < -0.3 is 16.0 Å². The highest BCUT2D eigenvalue weighted by molar-refractivity contribution is 5.62. The third kappa shape index (κ3) is 4.54. The van der Waals surface area contributed by atoms with Gasteiger partial charge in [-0.15, -0.1) is 0 Å². The quantitative estimate of drug-likeness (QED) is 0.694. The Morgan fingerprint density at radius 3 is 2.82 bits per heavy atom. The fourth-order valence-electron chi connectivity index (χ4n) is 2.22. The average Bonchev–Trinajstić information content (AvgIpc) is 2.94. The maximum absolute atomic E-state index is 5.59. The van der Waals surface area contributed by atoms with Crippen molar-refractivity contribution in [2.24, 2.45) is 11.7 Å². The smallest absolute Gasteiger partial charge is 0.125 e. The molecule has 2 rings (SSSR count). The van der Waals surface area contributed by atoms with E-state index in [0.29, 0.717) is 12.5 Å². The summed E-state index contributed by atoms with van der Waals surface area (Å²) in [5.41, 5.74) is 8.72. The molecule has 2 aromatic rings. The van der Waals surface area contributed by atoms with Gasteiger partial charge in [0.05, 0.1) is 5.69 Å². The van der Waals surface area contributed by atoms with Crippen LogP contribution in [0.4, 0.5) is 5.82 Å². The molecule has 0 aromatic carbocycles. The van der Waals surface area contributed by atoms with E-state index in [9.17, 15) is 0 Å². The third-order valence-electron chi connectivity index (χ3n) is 3.40. The molecule has 6 nitrogen and oxygen atoms in total. The standard InChI is InChI=1S/C16H26N6/c1-12(2)8-18-15-5-4-13(9-19-15)16-14(10-20-21-16)11-22(3)7-6-17/h4-5,9-10,12H,6-8,11,17H2,1-3H3,(H,18,19)(H,20,21). The lowest BCUT2D eigenvalue weighted by atomic mass is 10.1. The molecule has 0 fully saturated rings. The number of aromatic amines is 1. The van der Waals surface area contributed by atoms with Crippen LogP contribution in [0.1, 0.15) is 19.4 Å². The molecule has 0 aliphatic rings. The molecule has 22 heavy (non-hydrogen) atoms. The summed E-state index contributed by atoms with van der Waals surface area (Å²) in [6.07, 6.45) is 3.80. The van der Waals surface area contributed by atoms with Crippen molar-refractivity contribution in [2.75, 3.05) is 32.0 Å². The van der Waals surface area contributed by atoms with Gasteiger partial charge in [0.15, 0.2) is 0 Å². The van der Waals surface area contributed by atoms with Gasteiger partial charge in [-0.2, -0.15) is 5.10 Å². The van der Waals surface area contributed by atoms with Crippen LogP contribution >= 0.6 is 0 Å². The van der Waals surface area contributed by atoms with Gasteiger partial charge in [-0.3, -0.25) is 5.10 Å². The Morgan fingerprint density at radius 1 is 1.36 bits per heavy atom. The minimum absolute atomic E-state index is 0.595. The Bertz CT molecular complexity index is 560. The van der Waals surface area contributed by atoms with Crippen molar-refractivity contribution >= 4 is 5.82 Å². The first kappa shape index (κ1) is 16.5. The molecule has 0 aliphatic heterocycles. The second-order valence-electron chi connectivity index (χ2n) is 5.99. The van der Waals surface area contributed by atoms with Crippen molar-refractivity contribution in [3.63, 3.8) is 0 Å². The summed E-state index contributed by atoms with van der Waals surface area (Å²) >= 11 is 0. The molecule has 0 unspecified atom stereocenters. The molecule has 0 atom stereocenters. The average molecular weight is 302 g/mol. The highest BCUT2D eigenvalue weighted by Crippen LogP contribution is 2.22. The maximum atomic E-state index is 5.59. The molecule has 0 saturated carbocycles. The molecule has 0 bridgehead atoms. The maximum Gasteiger partial charge on any atom is 0.125 e. The van der Waals surface area contributed by atoms with Gasteiger partial charge in [-0.25, -0.2) is 4.98 Å². The molecular weight excluding hydrogens is 276 g/mol. The first-order chi connectivity index (χ1) is 10.6. The third-order valence-corrected chi connectivity index (χ3v) is 3.40. The summed E-state index contributed by atoms with van der Waals surface area (Å²) < 4.78 is 0. The number of pyridine rings is 1. The number of likely N-dealkylation sites (N-methyl/N-ethyl adjacent to an activating group) is 1. The van der Waals surface area contributed by atoms with Crippen LogP contribution < -0.4 is 11.1 Å². The number of nitrogens with one attached hydrogen (secondary N) is 2. The molecule has 0 aliphatic carbocycles. The number of hydrogen-bond acceptors (Lipinski definition) is 5. The van der Waals surface area contributed by atoms with E-state index in [1.807, 2.05) is 18.5 Å². The Kier molecular flexibility index (Phi) is 5.91. The van der Waals surface area contributed by atoms with Crippen LogP contribution in [0.5, 0.6) is 0 Å². The van der Waals surface area contributed by atoms with Gasteiger partial charge in [0, 0.05) is 49.7 Å². The summed E-state index contributed by atoms with van der Waals surface area (Å²) in [5, 5.41) is 10.6. The van der Waals surface area contributed by atoms with Crippen molar-refractivity contribution in [3.8, 4) is 11.3 Å². The largest absolute Gasteiger partial charge is 0.370 e. The monoisotopic (exact) mass is 302 g/mol. The summed E-state index contributed by atoms with van der Waals surface area (Å²) in [4.78, 5) is 6.65. The number of rotatable bonds is 8. The number of H-pyrrole nitrogens is 1. The molecule has 2 aromatic heterocycles. The Morgan fingerprint density at radius 2 is 2.18 bits per heavy atom. The SMILES string of the molecule is CC(C)CNc1ccc(-c2n[nH]cc2CN(C)CCN)cn1. The van der Waals surface area contributed by atoms with Crippen LogP contribution in [0.15, 0.2) is 24.5 Å². The highest BCUT2D eigenvalue weighted by Gasteiger charge is 2.11. The lowest BCUT2D eigenvalue weighted by molar-refractivity contribution is 0.337. The van der Waals surface area contributed by atoms with E-state index >= 15 is 0 Å². The zero-order chi connectivity index (χ0) is 15.9. The Labute approximate surface area is 132 Å². The van der Waals surface area contributed by atoms with E-state index in [1.54, 1.807) is 0 Å². The second kappa shape index (κ2) is 7.91. The molecule has 120 valence electrons. The van der Waals surface area contributed by atoms with Gasteiger partial charge >= 0.3 is 0 Å². The van der Waals surface area contributed by atoms with Gasteiger partial charge in [0.2, 0.25) is 0 Å². The van der Waals surface area contributed by atoms with Crippen molar-refractivity contribution < 1.29 is 0 Å². The van der Waals surface area contributed by atoms with E-state index in [-0.39, 0.29) is 0 Å². The zero-order valence-corrected chi connectivity index (χ0v) is 13.6. The summed E-state index contributed by atoms with van der Waals surface area (Å²) in [7, 11) is 2.06. The topological polar surface area (TPSA) is 82.9 Å². The van der Waals surface area contributed by atoms with Gasteiger partial charge in [0.1, 0.15) is 5.82 Å². The summed E-state index contributed by atoms with van der Waals surface area (Å²) in [6, 6.07) is 4.05. The van der Waals surface area contributed by atoms with E-state index < -0.39 is 0 Å². The van der Waals surface area contributed by atoms with Crippen LogP contribution in [0, 0.1) is 5.92 Å². The fraction of sp³-hybridized carbons (Fsp3) is 0.500. The number of nitrogens with two attached hydrogens (primary N) is 1. The van der Waals surface area contributed by atoms with Crippen LogP contribution in [0.25, 0.3) is 11.3 Å². The first-order valence-corrected chi connectivity index (χ1v) is 7.71. The highest BCUT2D eigenvalue weighted by atomic mass is 15.1. The lowest BCUT2D eigenvalue weighted by Gasteiger charge is -2.15. The zero-order valence-electron chi connectivity index (χ0n) is 13.6. The number of anilines is 1. The van der Waals surface area contributed by atoms with Crippen molar-refractivity contribution in [3.05, 3.63) is 30.1 Å². The Balaban J connectivity index is 2.07. The van der Waals surface area contributed by atoms with E-state index in [0.717, 1.165) is 42.3 Å². The molecule has 0 saturated heterocycles. The minimum Gasteiger partial charge on any atom is -0.370 e. The predicted molar refractivity (Wildman–Crippen MR) is 90.5 cm³/mol. The fourth-order valence-corrected chi connectivity index (χ4v) is 2.22. The van der Waals surface area contributed by atoms with Crippen LogP contribution in [0.3, 0.4) is 0 Å². The van der Waals surface area contributed by atoms with Gasteiger partial charge in [0.25, 0.3) is 0 Å². The molecule has 4 N–H and O–H groups in total. The number of aromatic nitrogens is 3. The molecule has 0 radical (unpaired) electrons. The van der Waals surface area contributed by atoms with Crippen LogP contribution in [0.2, 0.25) is 0 Å². The van der Waals surface area contributed by atoms with Crippen LogP contribution in [-0.2, 0) is 6.54 Å². The molecule has 0 spiro atoms. The van der Waals surface area contributed by atoms with E-state index in [4.69, 9.17) is 5.73 Å². The van der Waals surface area contributed by atoms with Crippen molar-refractivity contribution in [1.82, 2.24) is 20.1 Å². The van der Waals surface area contributed by atoms with Gasteiger partial charge in [-0.05, 0) is 25.1 Å². The van der Waals surface area contributed by atoms with Gasteiger partial charge in [-0.1, -0.05) is 13.8 Å². The number of hydrogen-bond donors (Lipinski definition) is 3. The molecule has 2 heterocycles. The first-order valence-electron chi connectivity index (χ1n) is 7.71. The number of nitrogens with zero attached hydrogens (tertiary/aromatic N) is 3. The van der Waals surface area contributed by atoms with Crippen LogP contribution in [-0.4, -0.2) is 46.8 Å². The molecular formula is C16H26N6. The second-order valence-corrected chi connectivity index (χ2v) is 5.99. The lowest BCUT2D eigenvalue weighted by Crippen LogP contribution is -2.25. The van der Waals surface area contributed by atoms with E-state index in [1.165, 1.54) is 0 Å². The summed E-state index contributed by atoms with van der Waals surface area (Å²) in [5.74, 6) is 1.49. The van der Waals surface area contributed by atoms with Crippen molar-refractivity contribution in [1.29, 1.82) is 0 Å². The predicted octanol–water partition coefficient (Wildman–Crippen LogP) is 1.93. The molecule has 6 heteroatoms. The normalized spacial score (nSPS) is 11.4. The van der Waals surface area contributed by atoms with Crippen molar-refractivity contribution in [2.45, 2.75) is 20.4 Å². The Hall–Kier alpha value is -1.92. The van der Waals surface area contributed by atoms with E-state index in [2.05, 4.69) is 52.4 Å².